The minimum Gasteiger partial charge on any atom is -0.434 e. The van der Waals surface area contributed by atoms with E-state index in [0.717, 1.165) is 31.5 Å². The maximum atomic E-state index is 13.6. The van der Waals surface area contributed by atoms with Gasteiger partial charge in [-0.2, -0.15) is 8.78 Å². The number of benzene rings is 2. The molecule has 2 aromatic carbocycles. The van der Waals surface area contributed by atoms with Crippen molar-refractivity contribution in [2.45, 2.75) is 38.8 Å². The lowest BCUT2D eigenvalue weighted by Gasteiger charge is -2.33. The number of hydrogen-bond donors (Lipinski definition) is 1. The van der Waals surface area contributed by atoms with E-state index in [2.05, 4.69) is 15.0 Å². The van der Waals surface area contributed by atoms with Crippen molar-refractivity contribution in [3.05, 3.63) is 59.9 Å². The molecule has 4 nitrogen and oxygen atoms in total. The van der Waals surface area contributed by atoms with Gasteiger partial charge in [-0.1, -0.05) is 30.3 Å². The number of halogens is 3. The molecule has 1 unspecified atom stereocenters. The number of anilines is 1. The van der Waals surface area contributed by atoms with Crippen LogP contribution in [0.1, 0.15) is 31.2 Å². The second-order valence-electron chi connectivity index (χ2n) is 7.30. The minimum absolute atomic E-state index is 0.193. The fourth-order valence-electron chi connectivity index (χ4n) is 3.73. The highest BCUT2D eigenvalue weighted by Gasteiger charge is 2.22. The number of carbonyl (C=O) groups is 1. The van der Waals surface area contributed by atoms with Crippen molar-refractivity contribution in [2.75, 3.05) is 18.4 Å². The second-order valence-corrected chi connectivity index (χ2v) is 7.30. The van der Waals surface area contributed by atoms with Crippen molar-refractivity contribution in [1.29, 1.82) is 0 Å². The Hall–Kier alpha value is -2.54. The van der Waals surface area contributed by atoms with E-state index in [0.29, 0.717) is 25.3 Å². The average Bonchev–Trinajstić information content (AvgIpc) is 2.70. The van der Waals surface area contributed by atoms with E-state index in [-0.39, 0.29) is 17.3 Å². The van der Waals surface area contributed by atoms with Crippen LogP contribution in [0.25, 0.3) is 0 Å². The Labute approximate surface area is 168 Å². The van der Waals surface area contributed by atoms with Crippen LogP contribution in [0.2, 0.25) is 0 Å². The van der Waals surface area contributed by atoms with Crippen molar-refractivity contribution in [3.8, 4) is 5.75 Å². The third kappa shape index (κ3) is 6.49. The van der Waals surface area contributed by atoms with Crippen LogP contribution < -0.4 is 10.1 Å². The van der Waals surface area contributed by atoms with E-state index in [1.807, 2.05) is 6.07 Å². The monoisotopic (exact) mass is 406 g/mol. The molecular weight excluding hydrogens is 381 g/mol. The van der Waals surface area contributed by atoms with Crippen molar-refractivity contribution in [1.82, 2.24) is 4.90 Å². The predicted molar refractivity (Wildman–Crippen MR) is 105 cm³/mol. The van der Waals surface area contributed by atoms with Crippen LogP contribution >= 0.6 is 0 Å². The Bertz CT molecular complexity index is 816. The summed E-state index contributed by atoms with van der Waals surface area (Å²) >= 11 is 0. The Kier molecular flexibility index (Phi) is 7.52. The molecule has 7 heteroatoms. The number of hydrogen-bond acceptors (Lipinski definition) is 3. The largest absolute Gasteiger partial charge is 0.434 e. The van der Waals surface area contributed by atoms with Crippen LogP contribution in [0.15, 0.2) is 48.5 Å². The Morgan fingerprint density at radius 2 is 1.93 bits per heavy atom. The summed E-state index contributed by atoms with van der Waals surface area (Å²) in [4.78, 5) is 14.4. The van der Waals surface area contributed by atoms with Crippen LogP contribution in [0.4, 0.5) is 18.9 Å². The van der Waals surface area contributed by atoms with E-state index in [1.165, 1.54) is 12.1 Å². The number of nitrogens with one attached hydrogen (secondary N) is 1. The first kappa shape index (κ1) is 21.2. The van der Waals surface area contributed by atoms with Gasteiger partial charge < -0.3 is 10.1 Å². The van der Waals surface area contributed by atoms with Crippen molar-refractivity contribution >= 4 is 11.6 Å². The van der Waals surface area contributed by atoms with E-state index >= 15 is 0 Å². The zero-order valence-corrected chi connectivity index (χ0v) is 16.1. The lowest BCUT2D eigenvalue weighted by Crippen LogP contribution is -2.35. The normalized spacial score (nSPS) is 17.3. The summed E-state index contributed by atoms with van der Waals surface area (Å²) in [6, 6.07) is 12.9. The topological polar surface area (TPSA) is 41.6 Å². The third-order valence-electron chi connectivity index (χ3n) is 5.11. The lowest BCUT2D eigenvalue weighted by atomic mass is 9.93. The molecule has 156 valence electrons. The highest BCUT2D eigenvalue weighted by atomic mass is 19.3. The molecule has 0 saturated carbocycles. The predicted octanol–water partition coefficient (Wildman–Crippen LogP) is 5.06. The molecule has 0 spiro atoms. The van der Waals surface area contributed by atoms with Gasteiger partial charge in [0.05, 0.1) is 5.69 Å². The Morgan fingerprint density at radius 1 is 1.17 bits per heavy atom. The minimum atomic E-state index is -2.85. The second kappa shape index (κ2) is 10.3. The number of alkyl halides is 2. The molecule has 3 rings (SSSR count). The van der Waals surface area contributed by atoms with Gasteiger partial charge in [0.2, 0.25) is 5.91 Å². The first-order valence-electron chi connectivity index (χ1n) is 9.80. The fourth-order valence-corrected chi connectivity index (χ4v) is 3.73. The van der Waals surface area contributed by atoms with Gasteiger partial charge >= 0.3 is 6.61 Å². The third-order valence-corrected chi connectivity index (χ3v) is 5.11. The average molecular weight is 406 g/mol. The molecule has 1 N–H and O–H groups in total. The van der Waals surface area contributed by atoms with Gasteiger partial charge in [-0.25, -0.2) is 4.39 Å². The smallest absolute Gasteiger partial charge is 0.387 e. The summed E-state index contributed by atoms with van der Waals surface area (Å²) in [7, 11) is 0. The molecule has 0 aliphatic carbocycles. The summed E-state index contributed by atoms with van der Waals surface area (Å²) < 4.78 is 43.5. The van der Waals surface area contributed by atoms with Crippen LogP contribution in [0, 0.1) is 11.7 Å². The van der Waals surface area contributed by atoms with Gasteiger partial charge in [0.1, 0.15) is 11.6 Å². The first-order chi connectivity index (χ1) is 14.0. The standard InChI is InChI=1S/C22H25F3N2O2/c23-18-8-2-3-9-19(18)26-21(28)12-11-16-6-5-13-27(14-16)15-17-7-1-4-10-20(17)29-22(24)25/h1-4,7-10,16,22H,5-6,11-15H2,(H,26,28). The maximum Gasteiger partial charge on any atom is 0.387 e. The molecule has 1 saturated heterocycles. The van der Waals surface area contributed by atoms with Crippen molar-refractivity contribution < 1.29 is 22.7 Å². The van der Waals surface area contributed by atoms with Gasteiger partial charge in [-0.3, -0.25) is 9.69 Å². The molecule has 1 aliphatic rings. The summed E-state index contributed by atoms with van der Waals surface area (Å²) in [5.41, 5.74) is 0.921. The van der Waals surface area contributed by atoms with Crippen LogP contribution in [0.5, 0.6) is 5.75 Å². The van der Waals surface area contributed by atoms with Crippen LogP contribution in [-0.2, 0) is 11.3 Å². The molecular formula is C22H25F3N2O2. The van der Waals surface area contributed by atoms with Gasteiger partial charge in [0.25, 0.3) is 0 Å². The number of piperidine rings is 1. The number of para-hydroxylation sites is 2. The number of rotatable bonds is 8. The van der Waals surface area contributed by atoms with E-state index in [9.17, 15) is 18.0 Å². The molecule has 1 atom stereocenters. The van der Waals surface area contributed by atoms with Crippen molar-refractivity contribution in [2.24, 2.45) is 5.92 Å². The van der Waals surface area contributed by atoms with Crippen molar-refractivity contribution in [3.63, 3.8) is 0 Å². The number of ether oxygens (including phenoxy) is 1. The Balaban J connectivity index is 1.50. The van der Waals surface area contributed by atoms with E-state index < -0.39 is 12.4 Å². The number of carbonyl (C=O) groups excluding carboxylic acids is 1. The summed E-state index contributed by atoms with van der Waals surface area (Å²) in [6.45, 7) is -0.657. The number of nitrogens with zero attached hydrogens (tertiary/aromatic N) is 1. The van der Waals surface area contributed by atoms with Gasteiger partial charge in [0.15, 0.2) is 0 Å². The van der Waals surface area contributed by atoms with Gasteiger partial charge in [0, 0.05) is 25.1 Å². The molecule has 29 heavy (non-hydrogen) atoms. The van der Waals surface area contributed by atoms with Gasteiger partial charge in [-0.05, 0) is 49.9 Å². The molecule has 1 aliphatic heterocycles. The van der Waals surface area contributed by atoms with Crippen LogP contribution in [0.3, 0.4) is 0 Å². The number of amides is 1. The molecule has 1 heterocycles. The fraction of sp³-hybridized carbons (Fsp3) is 0.409. The quantitative estimate of drug-likeness (QED) is 0.666. The molecule has 0 aromatic heterocycles. The van der Waals surface area contributed by atoms with E-state index in [4.69, 9.17) is 0 Å². The maximum absolute atomic E-state index is 13.6. The highest BCUT2D eigenvalue weighted by molar-refractivity contribution is 5.90. The summed E-state index contributed by atoms with van der Waals surface area (Å²) in [6.07, 6.45) is 3.01. The van der Waals surface area contributed by atoms with Crippen LogP contribution in [-0.4, -0.2) is 30.5 Å². The number of likely N-dealkylation sites (tertiary alicyclic amines) is 1. The summed E-state index contributed by atoms with van der Waals surface area (Å²) in [5, 5.41) is 2.61. The Morgan fingerprint density at radius 3 is 2.72 bits per heavy atom. The molecule has 1 amide bonds. The first-order valence-corrected chi connectivity index (χ1v) is 9.80. The highest BCUT2D eigenvalue weighted by Crippen LogP contribution is 2.26. The zero-order chi connectivity index (χ0) is 20.6. The lowest BCUT2D eigenvalue weighted by molar-refractivity contribution is -0.116. The van der Waals surface area contributed by atoms with Gasteiger partial charge in [-0.15, -0.1) is 0 Å². The summed E-state index contributed by atoms with van der Waals surface area (Å²) in [5.74, 6) is -0.121. The zero-order valence-electron chi connectivity index (χ0n) is 16.1. The molecule has 2 aromatic rings. The molecule has 0 bridgehead atoms. The molecule has 0 radical (unpaired) electrons. The SMILES string of the molecule is O=C(CCC1CCCN(Cc2ccccc2OC(F)F)C1)Nc1ccccc1F. The molecule has 1 fully saturated rings. The van der Waals surface area contributed by atoms with E-state index in [1.54, 1.807) is 30.3 Å².